The Balaban J connectivity index is 1.62. The Morgan fingerprint density at radius 2 is 2.24 bits per heavy atom. The van der Waals surface area contributed by atoms with E-state index in [9.17, 15) is 9.90 Å². The normalized spacial score (nSPS) is 16.2. The predicted molar refractivity (Wildman–Crippen MR) is 77.5 cm³/mol. The first kappa shape index (κ1) is 15.6. The molecular weight excluding hydrogens is 272 g/mol. The summed E-state index contributed by atoms with van der Waals surface area (Å²) in [6.45, 7) is 3.17. The van der Waals surface area contributed by atoms with Gasteiger partial charge in [-0.15, -0.1) is 0 Å². The number of unbranched alkanes of at least 4 members (excludes halogenated alkanes) is 2. The highest BCUT2D eigenvalue weighted by atomic mass is 16.5. The van der Waals surface area contributed by atoms with Crippen LogP contribution in [0.1, 0.15) is 44.3 Å². The van der Waals surface area contributed by atoms with Crippen molar-refractivity contribution >= 4 is 5.97 Å². The summed E-state index contributed by atoms with van der Waals surface area (Å²) in [7, 11) is 0. The quantitative estimate of drug-likeness (QED) is 0.590. The number of rotatable bonds is 8. The molecular formula is C16H22O5. The van der Waals surface area contributed by atoms with Crippen molar-refractivity contribution in [2.24, 2.45) is 0 Å². The number of fused-ring (bicyclic) bond motifs is 1. The van der Waals surface area contributed by atoms with Crippen molar-refractivity contribution in [3.05, 3.63) is 23.8 Å². The van der Waals surface area contributed by atoms with Crippen LogP contribution in [0.2, 0.25) is 0 Å². The van der Waals surface area contributed by atoms with E-state index >= 15 is 0 Å². The van der Waals surface area contributed by atoms with Crippen LogP contribution in [-0.2, 0) is 9.53 Å². The third kappa shape index (κ3) is 4.63. The van der Waals surface area contributed by atoms with Gasteiger partial charge in [0, 0.05) is 18.1 Å². The van der Waals surface area contributed by atoms with Crippen molar-refractivity contribution in [3.63, 3.8) is 0 Å². The van der Waals surface area contributed by atoms with Crippen molar-refractivity contribution in [2.75, 3.05) is 19.8 Å². The molecule has 1 aromatic rings. The van der Waals surface area contributed by atoms with Crippen molar-refractivity contribution in [1.29, 1.82) is 0 Å². The molecule has 0 saturated carbocycles. The molecule has 1 unspecified atom stereocenters. The van der Waals surface area contributed by atoms with E-state index in [1.807, 2.05) is 25.1 Å². The molecule has 1 N–H and O–H groups in total. The number of hydrogen-bond acceptors (Lipinski definition) is 5. The topological polar surface area (TPSA) is 65.0 Å². The monoisotopic (exact) mass is 294 g/mol. The van der Waals surface area contributed by atoms with Crippen LogP contribution in [0.25, 0.3) is 0 Å². The molecule has 1 aliphatic heterocycles. The first-order chi connectivity index (χ1) is 10.2. The zero-order valence-corrected chi connectivity index (χ0v) is 12.3. The maximum absolute atomic E-state index is 11.1. The van der Waals surface area contributed by atoms with E-state index in [0.29, 0.717) is 32.0 Å². The fourth-order valence-corrected chi connectivity index (χ4v) is 2.23. The highest BCUT2D eigenvalue weighted by Gasteiger charge is 2.21. The lowest BCUT2D eigenvalue weighted by Gasteiger charge is -2.08. The van der Waals surface area contributed by atoms with Crippen molar-refractivity contribution in [1.82, 2.24) is 0 Å². The summed E-state index contributed by atoms with van der Waals surface area (Å²) in [5.74, 6) is 1.31. The second-order valence-corrected chi connectivity index (χ2v) is 4.99. The zero-order valence-electron chi connectivity index (χ0n) is 12.3. The third-order valence-electron chi connectivity index (χ3n) is 3.34. The predicted octanol–water partition coefficient (Wildman–Crippen LogP) is 2.61. The molecule has 1 aromatic carbocycles. The van der Waals surface area contributed by atoms with E-state index in [4.69, 9.17) is 14.2 Å². The van der Waals surface area contributed by atoms with Crippen LogP contribution in [0.3, 0.4) is 0 Å². The number of carbonyl (C=O) groups is 1. The zero-order chi connectivity index (χ0) is 15.1. The van der Waals surface area contributed by atoms with Crippen LogP contribution in [0.5, 0.6) is 11.5 Å². The van der Waals surface area contributed by atoms with Gasteiger partial charge in [-0.3, -0.25) is 4.79 Å². The summed E-state index contributed by atoms with van der Waals surface area (Å²) in [6.07, 6.45) is 2.58. The number of ether oxygens (including phenoxy) is 3. The number of carbonyl (C=O) groups excluding carboxylic acids is 1. The Morgan fingerprint density at radius 3 is 3.05 bits per heavy atom. The Hall–Kier alpha value is -1.75. The molecule has 21 heavy (non-hydrogen) atoms. The molecule has 5 heteroatoms. The molecule has 5 nitrogen and oxygen atoms in total. The van der Waals surface area contributed by atoms with Crippen LogP contribution in [0.15, 0.2) is 18.2 Å². The number of aliphatic hydroxyl groups is 1. The molecule has 0 aromatic heterocycles. The minimum absolute atomic E-state index is 0.132. The van der Waals surface area contributed by atoms with Gasteiger partial charge in [-0.05, 0) is 38.3 Å². The van der Waals surface area contributed by atoms with E-state index in [1.54, 1.807) is 0 Å². The summed E-state index contributed by atoms with van der Waals surface area (Å²) in [5.41, 5.74) is 0.816. The van der Waals surface area contributed by atoms with E-state index in [1.165, 1.54) is 0 Å². The number of benzene rings is 1. The smallest absolute Gasteiger partial charge is 0.305 e. The Bertz CT molecular complexity index is 472. The van der Waals surface area contributed by atoms with Crippen molar-refractivity contribution in [3.8, 4) is 11.5 Å². The van der Waals surface area contributed by atoms with E-state index in [-0.39, 0.29) is 5.97 Å². The van der Waals surface area contributed by atoms with Gasteiger partial charge in [0.05, 0.1) is 13.2 Å². The molecule has 0 bridgehead atoms. The molecule has 0 fully saturated rings. The molecule has 0 saturated heterocycles. The Kier molecular flexibility index (Phi) is 5.87. The highest BCUT2D eigenvalue weighted by Crippen LogP contribution is 2.35. The van der Waals surface area contributed by atoms with Crippen molar-refractivity contribution < 1.29 is 24.1 Å². The standard InChI is InChI=1S/C16H22O5/c1-2-19-16(18)6-4-3-5-9-20-12-7-8-13-14(17)11-21-15(13)10-12/h7-8,10,14,17H,2-6,9,11H2,1H3. The summed E-state index contributed by atoms with van der Waals surface area (Å²) >= 11 is 0. The van der Waals surface area contributed by atoms with Crippen LogP contribution in [0, 0.1) is 0 Å². The van der Waals surface area contributed by atoms with Gasteiger partial charge >= 0.3 is 5.97 Å². The van der Waals surface area contributed by atoms with Crippen LogP contribution in [-0.4, -0.2) is 30.9 Å². The van der Waals surface area contributed by atoms with Gasteiger partial charge in [0.15, 0.2) is 0 Å². The van der Waals surface area contributed by atoms with Gasteiger partial charge in [0.25, 0.3) is 0 Å². The van der Waals surface area contributed by atoms with Gasteiger partial charge in [0.2, 0.25) is 0 Å². The average molecular weight is 294 g/mol. The molecule has 0 aliphatic carbocycles. The molecule has 116 valence electrons. The van der Waals surface area contributed by atoms with Crippen LogP contribution in [0.4, 0.5) is 0 Å². The lowest BCUT2D eigenvalue weighted by molar-refractivity contribution is -0.143. The molecule has 0 spiro atoms. The maximum Gasteiger partial charge on any atom is 0.305 e. The van der Waals surface area contributed by atoms with E-state index in [0.717, 1.165) is 30.6 Å². The molecule has 0 radical (unpaired) electrons. The number of esters is 1. The Labute approximate surface area is 124 Å². The molecule has 2 rings (SSSR count). The van der Waals surface area contributed by atoms with Gasteiger partial charge < -0.3 is 19.3 Å². The van der Waals surface area contributed by atoms with Gasteiger partial charge in [-0.1, -0.05) is 0 Å². The largest absolute Gasteiger partial charge is 0.493 e. The minimum Gasteiger partial charge on any atom is -0.493 e. The second kappa shape index (κ2) is 7.88. The fourth-order valence-electron chi connectivity index (χ4n) is 2.23. The number of hydrogen-bond donors (Lipinski definition) is 1. The molecule has 0 amide bonds. The van der Waals surface area contributed by atoms with E-state index < -0.39 is 6.10 Å². The van der Waals surface area contributed by atoms with Gasteiger partial charge in [-0.25, -0.2) is 0 Å². The summed E-state index contributed by atoms with van der Waals surface area (Å²) in [4.78, 5) is 11.1. The first-order valence-corrected chi connectivity index (χ1v) is 7.44. The van der Waals surface area contributed by atoms with Gasteiger partial charge in [0.1, 0.15) is 24.2 Å². The first-order valence-electron chi connectivity index (χ1n) is 7.44. The van der Waals surface area contributed by atoms with Crippen molar-refractivity contribution in [2.45, 2.75) is 38.7 Å². The Morgan fingerprint density at radius 1 is 1.38 bits per heavy atom. The van der Waals surface area contributed by atoms with E-state index in [2.05, 4.69) is 0 Å². The SMILES string of the molecule is CCOC(=O)CCCCCOc1ccc2c(c1)OCC2O. The lowest BCUT2D eigenvalue weighted by Crippen LogP contribution is -2.04. The lowest BCUT2D eigenvalue weighted by atomic mass is 10.1. The molecule has 1 atom stereocenters. The fraction of sp³-hybridized carbons (Fsp3) is 0.562. The summed E-state index contributed by atoms with van der Waals surface area (Å²) in [5, 5.41) is 9.62. The summed E-state index contributed by atoms with van der Waals surface area (Å²) < 4.78 is 15.9. The second-order valence-electron chi connectivity index (χ2n) is 4.99. The average Bonchev–Trinajstić information content (AvgIpc) is 2.84. The molecule has 1 heterocycles. The highest BCUT2D eigenvalue weighted by molar-refractivity contribution is 5.69. The maximum atomic E-state index is 11.1. The number of aliphatic hydroxyl groups excluding tert-OH is 1. The van der Waals surface area contributed by atoms with Crippen LogP contribution >= 0.6 is 0 Å². The molecule has 1 aliphatic rings. The van der Waals surface area contributed by atoms with Gasteiger partial charge in [-0.2, -0.15) is 0 Å². The summed E-state index contributed by atoms with van der Waals surface area (Å²) in [6, 6.07) is 5.49. The minimum atomic E-state index is -0.531. The van der Waals surface area contributed by atoms with Crippen LogP contribution < -0.4 is 9.47 Å². The third-order valence-corrected chi connectivity index (χ3v) is 3.34.